The number of likely N-dealkylation sites (tertiary alicyclic amines) is 1. The van der Waals surface area contributed by atoms with E-state index in [2.05, 4.69) is 6.07 Å². The molecule has 31 heavy (non-hydrogen) atoms. The summed E-state index contributed by atoms with van der Waals surface area (Å²) >= 11 is 1.74. The van der Waals surface area contributed by atoms with Crippen LogP contribution in [0.3, 0.4) is 0 Å². The second kappa shape index (κ2) is 8.27. The first kappa shape index (κ1) is 19.9. The molecule has 0 spiro atoms. The monoisotopic (exact) mass is 431 g/mol. The fourth-order valence-electron chi connectivity index (χ4n) is 4.68. The van der Waals surface area contributed by atoms with Crippen molar-refractivity contribution in [3.8, 4) is 0 Å². The summed E-state index contributed by atoms with van der Waals surface area (Å²) in [5.74, 6) is 0.333. The first-order valence-electron chi connectivity index (χ1n) is 10.8. The van der Waals surface area contributed by atoms with Crippen molar-refractivity contribution in [1.29, 1.82) is 0 Å². The molecule has 1 saturated heterocycles. The Kier molecular flexibility index (Phi) is 5.32. The smallest absolute Gasteiger partial charge is 0.225 e. The number of thiazole rings is 1. The van der Waals surface area contributed by atoms with Gasteiger partial charge in [0.2, 0.25) is 11.8 Å². The highest BCUT2D eigenvalue weighted by atomic mass is 32.1. The quantitative estimate of drug-likeness (QED) is 0.589. The van der Waals surface area contributed by atoms with Crippen LogP contribution in [0.4, 0.5) is 0 Å². The number of nitrogens with zero attached hydrogens (tertiary/aromatic N) is 3. The molecule has 2 atom stereocenters. The number of benzene rings is 2. The minimum absolute atomic E-state index is 0.0467. The van der Waals surface area contributed by atoms with Crippen molar-refractivity contribution in [2.75, 3.05) is 13.1 Å². The van der Waals surface area contributed by atoms with Gasteiger partial charge < -0.3 is 9.80 Å². The fourth-order valence-corrected chi connectivity index (χ4v) is 5.77. The zero-order chi connectivity index (χ0) is 21.4. The van der Waals surface area contributed by atoms with Crippen LogP contribution in [-0.2, 0) is 9.59 Å². The first-order valence-corrected chi connectivity index (χ1v) is 11.6. The van der Waals surface area contributed by atoms with Gasteiger partial charge in [-0.05, 0) is 42.2 Å². The van der Waals surface area contributed by atoms with E-state index in [1.54, 1.807) is 23.2 Å². The van der Waals surface area contributed by atoms with E-state index in [9.17, 15) is 9.59 Å². The Bertz CT molecular complexity index is 1140. The van der Waals surface area contributed by atoms with Crippen molar-refractivity contribution >= 4 is 39.4 Å². The molecule has 2 aromatic carbocycles. The number of fused-ring (bicyclic) bond motifs is 2. The molecule has 0 aliphatic carbocycles. The van der Waals surface area contributed by atoms with Crippen LogP contribution in [0.1, 0.15) is 54.3 Å². The third kappa shape index (κ3) is 3.88. The second-order valence-electron chi connectivity index (χ2n) is 8.29. The average molecular weight is 432 g/mol. The zero-order valence-electron chi connectivity index (χ0n) is 17.5. The van der Waals surface area contributed by atoms with Crippen LogP contribution in [0.5, 0.6) is 0 Å². The number of carbonyl (C=O) groups excluding carboxylic acids is 2. The van der Waals surface area contributed by atoms with E-state index < -0.39 is 0 Å². The number of carbonyl (C=O) groups is 2. The maximum absolute atomic E-state index is 13.3. The van der Waals surface area contributed by atoms with E-state index in [-0.39, 0.29) is 23.8 Å². The van der Waals surface area contributed by atoms with Crippen LogP contribution in [0.15, 0.2) is 54.7 Å². The first-order chi connectivity index (χ1) is 15.1. The SMILES string of the molecule is CC(=O)N1C=Cc2ccccc2[C@@H]1CC(=O)N1CCC[C@H](c2nc3ccccc3s2)C1. The van der Waals surface area contributed by atoms with E-state index in [0.29, 0.717) is 13.0 Å². The van der Waals surface area contributed by atoms with Gasteiger partial charge in [-0.1, -0.05) is 36.4 Å². The van der Waals surface area contributed by atoms with Crippen LogP contribution in [0, 0.1) is 0 Å². The van der Waals surface area contributed by atoms with Crippen LogP contribution in [0.25, 0.3) is 16.3 Å². The fraction of sp³-hybridized carbons (Fsp3) is 0.320. The molecule has 0 unspecified atom stereocenters. The van der Waals surface area contributed by atoms with Crippen molar-refractivity contribution in [3.63, 3.8) is 0 Å². The van der Waals surface area contributed by atoms with E-state index >= 15 is 0 Å². The van der Waals surface area contributed by atoms with Gasteiger partial charge in [0.05, 0.1) is 27.7 Å². The molecule has 6 heteroatoms. The number of piperidine rings is 1. The van der Waals surface area contributed by atoms with Gasteiger partial charge in [-0.3, -0.25) is 9.59 Å². The maximum Gasteiger partial charge on any atom is 0.225 e. The Hall–Kier alpha value is -2.99. The minimum atomic E-state index is -0.256. The molecule has 158 valence electrons. The normalized spacial score (nSPS) is 20.7. The molecular weight excluding hydrogens is 406 g/mol. The predicted octanol–water partition coefficient (Wildman–Crippen LogP) is 4.97. The van der Waals surface area contributed by atoms with Crippen LogP contribution in [-0.4, -0.2) is 39.7 Å². The van der Waals surface area contributed by atoms with Gasteiger partial charge in [0, 0.05) is 32.1 Å². The molecule has 1 fully saturated rings. The van der Waals surface area contributed by atoms with Crippen molar-refractivity contribution in [1.82, 2.24) is 14.8 Å². The summed E-state index contributed by atoms with van der Waals surface area (Å²) in [7, 11) is 0. The summed E-state index contributed by atoms with van der Waals surface area (Å²) in [6, 6.07) is 16.0. The lowest BCUT2D eigenvalue weighted by Crippen LogP contribution is -2.41. The number of rotatable bonds is 3. The van der Waals surface area contributed by atoms with Gasteiger partial charge in [0.1, 0.15) is 0 Å². The number of hydrogen-bond donors (Lipinski definition) is 0. The van der Waals surface area contributed by atoms with E-state index in [1.165, 1.54) is 4.70 Å². The molecule has 5 nitrogen and oxygen atoms in total. The van der Waals surface area contributed by atoms with E-state index in [4.69, 9.17) is 4.98 Å². The third-order valence-electron chi connectivity index (χ3n) is 6.27. The van der Waals surface area contributed by atoms with Crippen LogP contribution in [0.2, 0.25) is 0 Å². The van der Waals surface area contributed by atoms with Gasteiger partial charge in [-0.2, -0.15) is 0 Å². The summed E-state index contributed by atoms with van der Waals surface area (Å²) in [6.45, 7) is 3.02. The molecule has 3 heterocycles. The number of para-hydroxylation sites is 1. The lowest BCUT2D eigenvalue weighted by Gasteiger charge is -2.36. The molecule has 0 radical (unpaired) electrons. The van der Waals surface area contributed by atoms with Crippen LogP contribution >= 0.6 is 11.3 Å². The van der Waals surface area contributed by atoms with Gasteiger partial charge in [0.25, 0.3) is 0 Å². The zero-order valence-corrected chi connectivity index (χ0v) is 18.3. The third-order valence-corrected chi connectivity index (χ3v) is 7.47. The van der Waals surface area contributed by atoms with Gasteiger partial charge in [-0.25, -0.2) is 4.98 Å². The summed E-state index contributed by atoms with van der Waals surface area (Å²) in [5.41, 5.74) is 3.14. The highest BCUT2D eigenvalue weighted by molar-refractivity contribution is 7.18. The number of amides is 2. The summed E-state index contributed by atoms with van der Waals surface area (Å²) in [5, 5.41) is 1.12. The standard InChI is InChI=1S/C25H25N3O2S/c1-17(29)28-14-12-18-7-2-3-9-20(18)22(28)15-24(30)27-13-6-8-19(16-27)25-26-21-10-4-5-11-23(21)31-25/h2-5,7,9-12,14,19,22H,6,8,13,15-16H2,1H3/t19-,22-/m0/s1. The Morgan fingerprint density at radius 2 is 1.94 bits per heavy atom. The Labute approximate surface area is 186 Å². The largest absolute Gasteiger partial charge is 0.342 e. The highest BCUT2D eigenvalue weighted by Crippen LogP contribution is 2.36. The van der Waals surface area contributed by atoms with Gasteiger partial charge >= 0.3 is 0 Å². The Morgan fingerprint density at radius 1 is 1.13 bits per heavy atom. The van der Waals surface area contributed by atoms with E-state index in [1.807, 2.05) is 59.6 Å². The molecular formula is C25H25N3O2S. The molecule has 0 saturated carbocycles. The molecule has 2 amide bonds. The number of aromatic nitrogens is 1. The topological polar surface area (TPSA) is 53.5 Å². The van der Waals surface area contributed by atoms with Crippen LogP contribution < -0.4 is 0 Å². The molecule has 5 rings (SSSR count). The summed E-state index contributed by atoms with van der Waals surface area (Å²) < 4.78 is 1.20. The molecule has 3 aromatic rings. The summed E-state index contributed by atoms with van der Waals surface area (Å²) in [4.78, 5) is 34.1. The lowest BCUT2D eigenvalue weighted by molar-refractivity contribution is -0.135. The Balaban J connectivity index is 1.34. The highest BCUT2D eigenvalue weighted by Gasteiger charge is 2.32. The van der Waals surface area contributed by atoms with Gasteiger partial charge in [-0.15, -0.1) is 11.3 Å². The molecule has 0 bridgehead atoms. The summed E-state index contributed by atoms with van der Waals surface area (Å²) in [6.07, 6.45) is 6.08. The van der Waals surface area contributed by atoms with E-state index in [0.717, 1.165) is 41.0 Å². The Morgan fingerprint density at radius 3 is 2.77 bits per heavy atom. The van der Waals surface area contributed by atoms with Crippen molar-refractivity contribution in [2.24, 2.45) is 0 Å². The second-order valence-corrected chi connectivity index (χ2v) is 9.35. The maximum atomic E-state index is 13.3. The number of hydrogen-bond acceptors (Lipinski definition) is 4. The predicted molar refractivity (Wildman–Crippen MR) is 124 cm³/mol. The van der Waals surface area contributed by atoms with Crippen molar-refractivity contribution in [2.45, 2.75) is 38.1 Å². The molecule has 0 N–H and O–H groups in total. The molecule has 1 aromatic heterocycles. The molecule has 2 aliphatic heterocycles. The lowest BCUT2D eigenvalue weighted by atomic mass is 9.92. The average Bonchev–Trinajstić information content (AvgIpc) is 3.23. The van der Waals surface area contributed by atoms with Gasteiger partial charge in [0.15, 0.2) is 0 Å². The minimum Gasteiger partial charge on any atom is -0.342 e. The van der Waals surface area contributed by atoms with Crippen molar-refractivity contribution in [3.05, 3.63) is 70.9 Å². The molecule has 2 aliphatic rings. The van der Waals surface area contributed by atoms with Crippen molar-refractivity contribution < 1.29 is 9.59 Å².